The van der Waals surface area contributed by atoms with Gasteiger partial charge in [0.05, 0.1) is 6.10 Å². The van der Waals surface area contributed by atoms with Crippen LogP contribution in [0.25, 0.3) is 0 Å². The number of aryl methyl sites for hydroxylation is 1. The summed E-state index contributed by atoms with van der Waals surface area (Å²) in [6.07, 6.45) is 1.87. The van der Waals surface area contributed by atoms with Gasteiger partial charge in [-0.1, -0.05) is 43.7 Å². The Bertz CT molecular complexity index is 362. The summed E-state index contributed by atoms with van der Waals surface area (Å²) in [5.74, 6) is 0.106. The van der Waals surface area contributed by atoms with Gasteiger partial charge in [-0.25, -0.2) is 0 Å². The molecule has 20 heavy (non-hydrogen) atoms. The number of benzene rings is 1. The molecule has 0 bridgehead atoms. The molecule has 0 radical (unpaired) electrons. The predicted molar refractivity (Wildman–Crippen MR) is 83.0 cm³/mol. The molecule has 2 unspecified atom stereocenters. The Kier molecular flexibility index (Phi) is 9.95. The summed E-state index contributed by atoms with van der Waals surface area (Å²) in [5.41, 5.74) is 2.57. The lowest BCUT2D eigenvalue weighted by molar-refractivity contribution is -0.126. The molecule has 0 aromatic heterocycles. The number of hydrogen-bond acceptors (Lipinski definition) is 3. The van der Waals surface area contributed by atoms with Gasteiger partial charge in [0.2, 0.25) is 0 Å². The fraction of sp³-hybridized carbons (Fsp3) is 0.588. The van der Waals surface area contributed by atoms with E-state index in [0.717, 1.165) is 12.8 Å². The third-order valence-corrected chi connectivity index (χ3v) is 3.21. The largest absolute Gasteiger partial charge is 0.377 e. The standard InChI is InChI=1S/C11H16O.C6H12O2/c1-4-11(12-3)10-7-5-9(2)6-8-10;1-4-6(8-3)5(2)7/h5-8,11H,4H2,1-3H3;6H,4H2,1-3H3. The molecule has 1 aromatic rings. The molecule has 3 nitrogen and oxygen atoms in total. The SMILES string of the molecule is CCC(OC)C(C)=O.CCC(OC)c1ccc(C)cc1. The number of Topliss-reactive ketones (excluding diaryl/α,β-unsaturated/α-hetero) is 1. The van der Waals surface area contributed by atoms with Gasteiger partial charge in [-0.3, -0.25) is 4.79 Å². The highest BCUT2D eigenvalue weighted by atomic mass is 16.5. The number of hydrogen-bond donors (Lipinski definition) is 0. The Labute approximate surface area is 123 Å². The van der Waals surface area contributed by atoms with Crippen molar-refractivity contribution in [3.8, 4) is 0 Å². The van der Waals surface area contributed by atoms with Gasteiger partial charge in [-0.2, -0.15) is 0 Å². The number of rotatable bonds is 6. The topological polar surface area (TPSA) is 35.5 Å². The molecule has 0 aliphatic heterocycles. The van der Waals surface area contributed by atoms with Gasteiger partial charge in [-0.05, 0) is 32.3 Å². The minimum absolute atomic E-state index is 0.106. The predicted octanol–water partition coefficient (Wildman–Crippen LogP) is 4.09. The highest BCUT2D eigenvalue weighted by Crippen LogP contribution is 2.19. The summed E-state index contributed by atoms with van der Waals surface area (Å²) in [5, 5.41) is 0. The summed E-state index contributed by atoms with van der Waals surface area (Å²) in [7, 11) is 3.31. The zero-order valence-corrected chi connectivity index (χ0v) is 13.6. The molecule has 0 saturated heterocycles. The van der Waals surface area contributed by atoms with Crippen LogP contribution in [0.5, 0.6) is 0 Å². The van der Waals surface area contributed by atoms with Crippen LogP contribution in [0.1, 0.15) is 50.8 Å². The van der Waals surface area contributed by atoms with Crippen LogP contribution in [0.2, 0.25) is 0 Å². The smallest absolute Gasteiger partial charge is 0.158 e. The van der Waals surface area contributed by atoms with Gasteiger partial charge >= 0.3 is 0 Å². The van der Waals surface area contributed by atoms with Gasteiger partial charge < -0.3 is 9.47 Å². The van der Waals surface area contributed by atoms with E-state index in [1.165, 1.54) is 18.1 Å². The Morgan fingerprint density at radius 2 is 1.60 bits per heavy atom. The van der Waals surface area contributed by atoms with Crippen LogP contribution in [0.3, 0.4) is 0 Å². The molecular weight excluding hydrogens is 252 g/mol. The Morgan fingerprint density at radius 3 is 1.85 bits per heavy atom. The van der Waals surface area contributed by atoms with E-state index < -0.39 is 0 Å². The van der Waals surface area contributed by atoms with Gasteiger partial charge in [0.1, 0.15) is 6.10 Å². The second-order valence-corrected chi connectivity index (χ2v) is 4.79. The Morgan fingerprint density at radius 1 is 1.05 bits per heavy atom. The molecule has 0 aliphatic carbocycles. The summed E-state index contributed by atoms with van der Waals surface area (Å²) in [6, 6.07) is 8.51. The number of ketones is 1. The molecule has 0 aliphatic rings. The van der Waals surface area contributed by atoms with Gasteiger partial charge in [0.15, 0.2) is 5.78 Å². The summed E-state index contributed by atoms with van der Waals surface area (Å²) in [6.45, 7) is 7.69. The molecule has 3 heteroatoms. The molecule has 0 heterocycles. The normalized spacial score (nSPS) is 13.1. The number of carbonyl (C=O) groups is 1. The fourth-order valence-corrected chi connectivity index (χ4v) is 1.94. The highest BCUT2D eigenvalue weighted by Gasteiger charge is 2.07. The molecule has 0 saturated carbocycles. The highest BCUT2D eigenvalue weighted by molar-refractivity contribution is 5.80. The lowest BCUT2D eigenvalue weighted by Gasteiger charge is -2.12. The summed E-state index contributed by atoms with van der Waals surface area (Å²) >= 11 is 0. The van der Waals surface area contributed by atoms with Gasteiger partial charge in [-0.15, -0.1) is 0 Å². The number of ether oxygens (including phenoxy) is 2. The van der Waals surface area contributed by atoms with E-state index in [1.54, 1.807) is 14.2 Å². The first-order valence-corrected chi connectivity index (χ1v) is 7.12. The van der Waals surface area contributed by atoms with Crippen molar-refractivity contribution in [3.05, 3.63) is 35.4 Å². The number of methoxy groups -OCH3 is 2. The van der Waals surface area contributed by atoms with E-state index in [-0.39, 0.29) is 18.0 Å². The van der Waals surface area contributed by atoms with E-state index in [1.807, 2.05) is 6.92 Å². The summed E-state index contributed by atoms with van der Waals surface area (Å²) < 4.78 is 10.1. The van der Waals surface area contributed by atoms with Crippen LogP contribution in [0.4, 0.5) is 0 Å². The lowest BCUT2D eigenvalue weighted by atomic mass is 10.1. The maximum atomic E-state index is 10.5. The van der Waals surface area contributed by atoms with Crippen molar-refractivity contribution in [1.29, 1.82) is 0 Å². The third-order valence-electron chi connectivity index (χ3n) is 3.21. The Hall–Kier alpha value is -1.19. The molecule has 1 aromatic carbocycles. The van der Waals surface area contributed by atoms with Crippen LogP contribution in [-0.2, 0) is 14.3 Å². The first-order chi connectivity index (χ1) is 9.49. The van der Waals surface area contributed by atoms with Crippen LogP contribution in [0.15, 0.2) is 24.3 Å². The monoisotopic (exact) mass is 280 g/mol. The molecular formula is C17H28O3. The van der Waals surface area contributed by atoms with E-state index in [0.29, 0.717) is 0 Å². The van der Waals surface area contributed by atoms with Crippen LogP contribution in [-0.4, -0.2) is 26.1 Å². The molecule has 0 spiro atoms. The van der Waals surface area contributed by atoms with Crippen molar-refractivity contribution in [2.75, 3.05) is 14.2 Å². The lowest BCUT2D eigenvalue weighted by Crippen LogP contribution is -2.18. The minimum atomic E-state index is -0.185. The van der Waals surface area contributed by atoms with Crippen LogP contribution in [0, 0.1) is 6.92 Å². The van der Waals surface area contributed by atoms with E-state index >= 15 is 0 Å². The van der Waals surface area contributed by atoms with E-state index in [2.05, 4.69) is 38.1 Å². The quantitative estimate of drug-likeness (QED) is 0.787. The number of carbonyl (C=O) groups excluding carboxylic acids is 1. The van der Waals surface area contributed by atoms with Gasteiger partial charge in [0.25, 0.3) is 0 Å². The van der Waals surface area contributed by atoms with Crippen LogP contribution >= 0.6 is 0 Å². The van der Waals surface area contributed by atoms with Crippen LogP contribution < -0.4 is 0 Å². The zero-order chi connectivity index (χ0) is 15.5. The van der Waals surface area contributed by atoms with Gasteiger partial charge in [0, 0.05) is 14.2 Å². The molecule has 0 fully saturated rings. The molecule has 0 N–H and O–H groups in total. The van der Waals surface area contributed by atoms with Crippen molar-refractivity contribution >= 4 is 5.78 Å². The first kappa shape index (κ1) is 18.8. The maximum Gasteiger partial charge on any atom is 0.158 e. The third kappa shape index (κ3) is 6.83. The molecule has 1 rings (SSSR count). The molecule has 2 atom stereocenters. The average molecular weight is 280 g/mol. The maximum absolute atomic E-state index is 10.5. The van der Waals surface area contributed by atoms with E-state index in [9.17, 15) is 4.79 Å². The van der Waals surface area contributed by atoms with Crippen molar-refractivity contribution in [2.45, 2.75) is 52.7 Å². The minimum Gasteiger partial charge on any atom is -0.377 e. The second-order valence-electron chi connectivity index (χ2n) is 4.79. The van der Waals surface area contributed by atoms with Crippen molar-refractivity contribution in [2.24, 2.45) is 0 Å². The Balaban J connectivity index is 0.000000396. The summed E-state index contributed by atoms with van der Waals surface area (Å²) in [4.78, 5) is 10.5. The molecule has 114 valence electrons. The van der Waals surface area contributed by atoms with E-state index in [4.69, 9.17) is 9.47 Å². The van der Waals surface area contributed by atoms with Crippen molar-refractivity contribution < 1.29 is 14.3 Å². The first-order valence-electron chi connectivity index (χ1n) is 7.12. The average Bonchev–Trinajstić information content (AvgIpc) is 2.44. The van der Waals surface area contributed by atoms with Crippen molar-refractivity contribution in [3.63, 3.8) is 0 Å². The zero-order valence-electron chi connectivity index (χ0n) is 13.6. The second kappa shape index (κ2) is 10.6. The fourth-order valence-electron chi connectivity index (χ4n) is 1.94. The molecule has 0 amide bonds. The van der Waals surface area contributed by atoms with Crippen molar-refractivity contribution in [1.82, 2.24) is 0 Å².